The van der Waals surface area contributed by atoms with Gasteiger partial charge in [0.25, 0.3) is 5.91 Å². The maximum Gasteiger partial charge on any atom is 0.338 e. The number of amides is 1. The molecular formula is C32H30FN3O8S. The highest BCUT2D eigenvalue weighted by Gasteiger charge is 2.28. The summed E-state index contributed by atoms with van der Waals surface area (Å²) >= 11 is 0. The van der Waals surface area contributed by atoms with E-state index < -0.39 is 39.2 Å². The quantitative estimate of drug-likeness (QED) is 0.200. The fourth-order valence-electron chi connectivity index (χ4n) is 4.51. The van der Waals surface area contributed by atoms with Crippen LogP contribution in [0.15, 0.2) is 76.0 Å². The topological polar surface area (TPSA) is 148 Å². The van der Waals surface area contributed by atoms with Gasteiger partial charge in [-0.1, -0.05) is 26.0 Å². The van der Waals surface area contributed by atoms with Gasteiger partial charge in [-0.05, 0) is 60.2 Å². The maximum atomic E-state index is 14.5. The van der Waals surface area contributed by atoms with Crippen LogP contribution in [0, 0.1) is 17.1 Å². The molecule has 0 radical (unpaired) electrons. The van der Waals surface area contributed by atoms with Crippen molar-refractivity contribution in [1.29, 1.82) is 5.26 Å². The van der Waals surface area contributed by atoms with Crippen molar-refractivity contribution in [3.8, 4) is 40.0 Å². The molecule has 0 fully saturated rings. The highest BCUT2D eigenvalue weighted by molar-refractivity contribution is 7.89. The number of hydrogen-bond acceptors (Lipinski definition) is 9. The summed E-state index contributed by atoms with van der Waals surface area (Å²) in [6.07, 6.45) is 0. The second-order valence-electron chi connectivity index (χ2n) is 9.44. The van der Waals surface area contributed by atoms with Crippen molar-refractivity contribution in [2.24, 2.45) is 0 Å². The average Bonchev–Trinajstić information content (AvgIpc) is 3.41. The van der Waals surface area contributed by atoms with Crippen molar-refractivity contribution in [1.82, 2.24) is 4.31 Å². The SMILES string of the molecule is CCN(CC)S(=O)(=O)c1cc(C(=O)OCC(=O)Nc2oc(-c3ccc(OC)cc3)c(-c3ccc(OC)cc3)c2C#N)ccc1F. The van der Waals surface area contributed by atoms with Crippen LogP contribution in [0.1, 0.15) is 29.8 Å². The van der Waals surface area contributed by atoms with Crippen LogP contribution in [-0.2, 0) is 19.6 Å². The minimum Gasteiger partial charge on any atom is -0.497 e. The summed E-state index contributed by atoms with van der Waals surface area (Å²) in [7, 11) is -1.15. The molecule has 0 aliphatic rings. The first-order chi connectivity index (χ1) is 21.6. The number of carbonyl (C=O) groups excluding carboxylic acids is 2. The van der Waals surface area contributed by atoms with Crippen LogP contribution in [0.4, 0.5) is 10.3 Å². The number of nitrogens with zero attached hydrogens (tertiary/aromatic N) is 2. The lowest BCUT2D eigenvalue weighted by Crippen LogP contribution is -2.31. The number of nitrogens with one attached hydrogen (secondary N) is 1. The Morgan fingerprint density at radius 3 is 2.04 bits per heavy atom. The molecule has 0 atom stereocenters. The molecule has 1 amide bonds. The van der Waals surface area contributed by atoms with E-state index in [2.05, 4.69) is 11.4 Å². The largest absolute Gasteiger partial charge is 0.497 e. The summed E-state index contributed by atoms with van der Waals surface area (Å²) in [4.78, 5) is 24.9. The zero-order chi connectivity index (χ0) is 32.7. The fourth-order valence-corrected chi connectivity index (χ4v) is 6.06. The Kier molecular flexibility index (Phi) is 10.2. The molecule has 45 heavy (non-hydrogen) atoms. The lowest BCUT2D eigenvalue weighted by atomic mass is 9.98. The lowest BCUT2D eigenvalue weighted by Gasteiger charge is -2.19. The normalized spacial score (nSPS) is 11.1. The summed E-state index contributed by atoms with van der Waals surface area (Å²) in [6.45, 7) is 2.60. The van der Waals surface area contributed by atoms with Gasteiger partial charge in [0.15, 0.2) is 6.61 Å². The molecule has 1 N–H and O–H groups in total. The minimum absolute atomic E-state index is 0.0236. The molecule has 0 spiro atoms. The predicted octanol–water partition coefficient (Wildman–Crippen LogP) is 5.47. The Labute approximate surface area is 259 Å². The van der Waals surface area contributed by atoms with Gasteiger partial charge in [0.2, 0.25) is 15.9 Å². The molecule has 1 heterocycles. The number of benzene rings is 3. The molecule has 0 aliphatic carbocycles. The van der Waals surface area contributed by atoms with Crippen LogP contribution in [0.25, 0.3) is 22.5 Å². The molecule has 0 bridgehead atoms. The van der Waals surface area contributed by atoms with Gasteiger partial charge in [-0.2, -0.15) is 9.57 Å². The van der Waals surface area contributed by atoms with Gasteiger partial charge in [-0.15, -0.1) is 0 Å². The number of carbonyl (C=O) groups is 2. The van der Waals surface area contributed by atoms with Gasteiger partial charge in [0, 0.05) is 24.2 Å². The Morgan fingerprint density at radius 1 is 0.933 bits per heavy atom. The molecule has 0 unspecified atom stereocenters. The summed E-state index contributed by atoms with van der Waals surface area (Å²) in [5.41, 5.74) is 1.37. The molecule has 0 saturated heterocycles. The first-order valence-corrected chi connectivity index (χ1v) is 15.1. The first kappa shape index (κ1) is 32.7. The number of methoxy groups -OCH3 is 2. The van der Waals surface area contributed by atoms with E-state index in [0.29, 0.717) is 33.9 Å². The summed E-state index contributed by atoms with van der Waals surface area (Å²) in [5.74, 6) is -1.61. The van der Waals surface area contributed by atoms with E-state index >= 15 is 0 Å². The van der Waals surface area contributed by atoms with E-state index in [1.54, 1.807) is 62.4 Å². The Morgan fingerprint density at radius 2 is 1.51 bits per heavy atom. The second kappa shape index (κ2) is 14.1. The molecule has 4 rings (SSSR count). The van der Waals surface area contributed by atoms with Crippen molar-refractivity contribution in [3.63, 3.8) is 0 Å². The number of esters is 1. The third kappa shape index (κ3) is 6.98. The summed E-state index contributed by atoms with van der Waals surface area (Å²) in [6, 6.07) is 18.6. The Hall–Kier alpha value is -5.19. The summed E-state index contributed by atoms with van der Waals surface area (Å²) in [5, 5.41) is 12.6. The Balaban J connectivity index is 1.59. The van der Waals surface area contributed by atoms with Crippen molar-refractivity contribution in [3.05, 3.63) is 83.7 Å². The van der Waals surface area contributed by atoms with Gasteiger partial charge < -0.3 is 18.6 Å². The predicted molar refractivity (Wildman–Crippen MR) is 163 cm³/mol. The molecule has 13 heteroatoms. The van der Waals surface area contributed by atoms with Crippen LogP contribution >= 0.6 is 0 Å². The highest BCUT2D eigenvalue weighted by Crippen LogP contribution is 2.42. The van der Waals surface area contributed by atoms with Gasteiger partial charge in [0.1, 0.15) is 39.6 Å². The van der Waals surface area contributed by atoms with E-state index in [1.807, 2.05) is 0 Å². The average molecular weight is 636 g/mol. The molecule has 11 nitrogen and oxygen atoms in total. The van der Waals surface area contributed by atoms with Gasteiger partial charge in [-0.25, -0.2) is 17.6 Å². The van der Waals surface area contributed by atoms with E-state index in [-0.39, 0.29) is 30.1 Å². The second-order valence-corrected chi connectivity index (χ2v) is 11.3. The van der Waals surface area contributed by atoms with E-state index in [9.17, 15) is 27.7 Å². The smallest absolute Gasteiger partial charge is 0.338 e. The number of furan rings is 1. The van der Waals surface area contributed by atoms with Crippen LogP contribution in [-0.4, -0.2) is 58.5 Å². The molecule has 0 saturated carbocycles. The van der Waals surface area contributed by atoms with E-state index in [4.69, 9.17) is 18.6 Å². The number of nitriles is 1. The number of ether oxygens (including phenoxy) is 3. The van der Waals surface area contributed by atoms with Crippen LogP contribution in [0.3, 0.4) is 0 Å². The van der Waals surface area contributed by atoms with Crippen molar-refractivity contribution < 1.29 is 41.0 Å². The highest BCUT2D eigenvalue weighted by atomic mass is 32.2. The number of sulfonamides is 1. The van der Waals surface area contributed by atoms with Crippen LogP contribution in [0.5, 0.6) is 11.5 Å². The number of halogens is 1. The molecule has 0 aliphatic heterocycles. The van der Waals surface area contributed by atoms with Crippen molar-refractivity contribution in [2.75, 3.05) is 39.2 Å². The zero-order valence-corrected chi connectivity index (χ0v) is 25.7. The van der Waals surface area contributed by atoms with Gasteiger partial charge in [0.05, 0.1) is 19.8 Å². The van der Waals surface area contributed by atoms with Gasteiger partial charge >= 0.3 is 5.97 Å². The lowest BCUT2D eigenvalue weighted by molar-refractivity contribution is -0.119. The van der Waals surface area contributed by atoms with E-state index in [1.165, 1.54) is 14.2 Å². The monoisotopic (exact) mass is 635 g/mol. The van der Waals surface area contributed by atoms with Gasteiger partial charge in [-0.3, -0.25) is 10.1 Å². The first-order valence-electron chi connectivity index (χ1n) is 13.7. The third-order valence-electron chi connectivity index (χ3n) is 6.83. The summed E-state index contributed by atoms with van der Waals surface area (Å²) < 4.78 is 62.7. The molecule has 234 valence electrons. The third-order valence-corrected chi connectivity index (χ3v) is 8.89. The van der Waals surface area contributed by atoms with E-state index in [0.717, 1.165) is 22.5 Å². The maximum absolute atomic E-state index is 14.5. The Bertz CT molecular complexity index is 1840. The zero-order valence-electron chi connectivity index (χ0n) is 24.9. The minimum atomic E-state index is -4.21. The molecule has 1 aromatic heterocycles. The standard InChI is InChI=1S/C32H30FN3O8S/c1-5-36(6-2)45(39,40)27-17-22(11-16-26(27)33)32(38)43-19-28(37)35-31-25(18-34)29(20-7-12-23(41-3)13-8-20)30(44-31)21-9-14-24(42-4)15-10-21/h7-17H,5-6,19H2,1-4H3,(H,35,37). The number of hydrogen-bond donors (Lipinski definition) is 1. The molecule has 3 aromatic carbocycles. The molecule has 4 aromatic rings. The van der Waals surface area contributed by atoms with Crippen LogP contribution < -0.4 is 14.8 Å². The fraction of sp³-hybridized carbons (Fsp3) is 0.219. The number of rotatable bonds is 12. The van der Waals surface area contributed by atoms with Crippen molar-refractivity contribution >= 4 is 27.8 Å². The van der Waals surface area contributed by atoms with Crippen molar-refractivity contribution in [2.45, 2.75) is 18.7 Å². The van der Waals surface area contributed by atoms with Crippen LogP contribution in [0.2, 0.25) is 0 Å². The molecular weight excluding hydrogens is 605 g/mol. The number of anilines is 1.